The Labute approximate surface area is 189 Å². The van der Waals surface area contributed by atoms with Crippen LogP contribution in [0.1, 0.15) is 39.9 Å². The van der Waals surface area contributed by atoms with E-state index in [-0.39, 0.29) is 28.7 Å². The fourth-order valence-corrected chi connectivity index (χ4v) is 5.09. The lowest BCUT2D eigenvalue weighted by molar-refractivity contribution is -0.286. The molecule has 1 saturated carbocycles. The number of halogens is 4. The zero-order chi connectivity index (χ0) is 22.7. The Balaban J connectivity index is 1.33. The minimum Gasteiger partial charge on any atom is -0.395 e. The largest absolute Gasteiger partial charge is 0.586 e. The second-order valence-electron chi connectivity index (χ2n) is 7.81. The summed E-state index contributed by atoms with van der Waals surface area (Å²) in [5.41, 5.74) is 6.70. The predicted molar refractivity (Wildman–Crippen MR) is 112 cm³/mol. The number of ketones is 1. The van der Waals surface area contributed by atoms with Crippen LogP contribution in [0.4, 0.5) is 13.2 Å². The molecule has 5 rings (SSSR count). The van der Waals surface area contributed by atoms with Crippen molar-refractivity contribution < 1.29 is 27.4 Å². The van der Waals surface area contributed by atoms with Crippen molar-refractivity contribution in [3.63, 3.8) is 0 Å². The molecule has 1 aliphatic carbocycles. The van der Waals surface area contributed by atoms with Crippen LogP contribution in [0, 0.1) is 5.82 Å². The highest BCUT2D eigenvalue weighted by Crippen LogP contribution is 2.52. The molecule has 10 heteroatoms. The van der Waals surface area contributed by atoms with Crippen LogP contribution >= 0.6 is 22.9 Å². The van der Waals surface area contributed by atoms with Crippen LogP contribution in [0.5, 0.6) is 11.5 Å². The number of benzene rings is 2. The van der Waals surface area contributed by atoms with E-state index in [0.717, 1.165) is 0 Å². The number of nitrogens with zero attached hydrogens (tertiary/aromatic N) is 1. The Morgan fingerprint density at radius 2 is 1.94 bits per heavy atom. The first-order valence-electron chi connectivity index (χ1n) is 9.76. The van der Waals surface area contributed by atoms with Crippen molar-refractivity contribution in [3.8, 4) is 11.5 Å². The van der Waals surface area contributed by atoms with Gasteiger partial charge >= 0.3 is 6.29 Å². The average molecular weight is 481 g/mol. The van der Waals surface area contributed by atoms with Crippen molar-refractivity contribution in [2.45, 2.75) is 37.0 Å². The summed E-state index contributed by atoms with van der Waals surface area (Å²) in [4.78, 5) is 18.1. The molecule has 0 amide bonds. The van der Waals surface area contributed by atoms with Crippen molar-refractivity contribution in [2.75, 3.05) is 0 Å². The Morgan fingerprint density at radius 1 is 1.19 bits per heavy atom. The van der Waals surface area contributed by atoms with Gasteiger partial charge in [-0.25, -0.2) is 9.37 Å². The number of carbonyl (C=O) groups excluding carboxylic acids is 1. The number of hydrogen-bond donors (Lipinski definition) is 1. The molecule has 2 aromatic carbocycles. The number of ether oxygens (including phenoxy) is 2. The molecule has 2 aliphatic rings. The molecule has 1 aliphatic heterocycles. The van der Waals surface area contributed by atoms with Gasteiger partial charge in [-0.1, -0.05) is 23.7 Å². The molecule has 5 nitrogen and oxygen atoms in total. The second kappa shape index (κ2) is 7.47. The number of thiazole rings is 1. The van der Waals surface area contributed by atoms with E-state index >= 15 is 0 Å². The van der Waals surface area contributed by atoms with Crippen LogP contribution in [-0.2, 0) is 16.6 Å². The summed E-state index contributed by atoms with van der Waals surface area (Å²) >= 11 is 7.39. The van der Waals surface area contributed by atoms with Gasteiger partial charge in [0.25, 0.3) is 0 Å². The molecule has 0 saturated heterocycles. The first-order valence-corrected chi connectivity index (χ1v) is 11.0. The highest BCUT2D eigenvalue weighted by Gasteiger charge is 2.52. The van der Waals surface area contributed by atoms with E-state index in [2.05, 4.69) is 14.5 Å². The lowest BCUT2D eigenvalue weighted by Crippen LogP contribution is -2.26. The normalized spacial score (nSPS) is 18.4. The molecule has 1 fully saturated rings. The van der Waals surface area contributed by atoms with Crippen LogP contribution in [-0.4, -0.2) is 17.1 Å². The van der Waals surface area contributed by atoms with E-state index in [9.17, 15) is 18.0 Å². The summed E-state index contributed by atoms with van der Waals surface area (Å²) in [6.45, 7) is 0. The highest BCUT2D eigenvalue weighted by atomic mass is 35.5. The molecule has 0 radical (unpaired) electrons. The van der Waals surface area contributed by atoms with E-state index < -0.39 is 23.6 Å². The van der Waals surface area contributed by atoms with E-state index in [1.165, 1.54) is 41.7 Å². The van der Waals surface area contributed by atoms with Crippen molar-refractivity contribution in [2.24, 2.45) is 5.73 Å². The average Bonchev–Trinajstić information content (AvgIpc) is 3.30. The van der Waals surface area contributed by atoms with Gasteiger partial charge < -0.3 is 15.2 Å². The van der Waals surface area contributed by atoms with E-state index in [1.54, 1.807) is 12.3 Å². The Bertz CT molecular complexity index is 1230. The van der Waals surface area contributed by atoms with Crippen molar-refractivity contribution in [3.05, 3.63) is 74.4 Å². The lowest BCUT2D eigenvalue weighted by atomic mass is 9.89. The van der Waals surface area contributed by atoms with Gasteiger partial charge in [-0.3, -0.25) is 4.79 Å². The zero-order valence-electron chi connectivity index (χ0n) is 16.4. The minimum atomic E-state index is -3.70. The molecule has 0 unspecified atom stereocenters. The van der Waals surface area contributed by atoms with Crippen molar-refractivity contribution in [1.82, 2.24) is 4.98 Å². The summed E-state index contributed by atoms with van der Waals surface area (Å²) < 4.78 is 48.9. The number of alkyl halides is 2. The summed E-state index contributed by atoms with van der Waals surface area (Å²) in [6.07, 6.45) is -0.806. The molecule has 0 bridgehead atoms. The number of hydrogen-bond acceptors (Lipinski definition) is 6. The number of Topliss-reactive ketones (excluding diaryl/α,β-unsaturated/α-hetero) is 1. The number of rotatable bonds is 6. The Kier molecular flexibility index (Phi) is 4.96. The molecular weight excluding hydrogens is 465 g/mol. The zero-order valence-corrected chi connectivity index (χ0v) is 18.0. The Morgan fingerprint density at radius 3 is 2.66 bits per heavy atom. The van der Waals surface area contributed by atoms with Gasteiger partial charge in [0.15, 0.2) is 11.5 Å². The monoisotopic (exact) mass is 480 g/mol. The van der Waals surface area contributed by atoms with Crippen LogP contribution in [0.3, 0.4) is 0 Å². The third-order valence-electron chi connectivity index (χ3n) is 5.72. The van der Waals surface area contributed by atoms with Crippen LogP contribution < -0.4 is 15.2 Å². The molecule has 1 aromatic heterocycles. The SMILES string of the molecule is N[C@@H](c1cnc(CC(=O)C2(c3ccc4c(c3)OC(F)(F)O4)CC2)s1)c1ccc(F)cc1Cl. The van der Waals surface area contributed by atoms with Crippen molar-refractivity contribution in [1.29, 1.82) is 0 Å². The van der Waals surface area contributed by atoms with Crippen LogP contribution in [0.15, 0.2) is 42.6 Å². The molecule has 3 aromatic rings. The fraction of sp³-hybridized carbons (Fsp3) is 0.273. The first kappa shape index (κ1) is 21.2. The van der Waals surface area contributed by atoms with Crippen LogP contribution in [0.25, 0.3) is 0 Å². The van der Waals surface area contributed by atoms with Crippen molar-refractivity contribution >= 4 is 28.7 Å². The quantitative estimate of drug-likeness (QED) is 0.528. The summed E-state index contributed by atoms with van der Waals surface area (Å²) in [5.74, 6) is -0.647. The van der Waals surface area contributed by atoms with Gasteiger partial charge in [0.1, 0.15) is 16.6 Å². The fourth-order valence-electron chi connectivity index (χ4n) is 3.86. The minimum absolute atomic E-state index is 0.0556. The maximum absolute atomic E-state index is 13.3. The lowest BCUT2D eigenvalue weighted by Gasteiger charge is -2.14. The topological polar surface area (TPSA) is 74.4 Å². The smallest absolute Gasteiger partial charge is 0.395 e. The maximum atomic E-state index is 13.3. The number of nitrogens with two attached hydrogens (primary N) is 1. The van der Waals surface area contributed by atoms with Gasteiger partial charge in [0.05, 0.1) is 17.9 Å². The van der Waals surface area contributed by atoms with Gasteiger partial charge in [-0.05, 0) is 48.2 Å². The number of carbonyl (C=O) groups is 1. The molecule has 2 N–H and O–H groups in total. The van der Waals surface area contributed by atoms with Gasteiger partial charge in [0.2, 0.25) is 0 Å². The maximum Gasteiger partial charge on any atom is 0.586 e. The Hall–Kier alpha value is -2.62. The molecule has 2 heterocycles. The van der Waals surface area contributed by atoms with E-state index in [1.807, 2.05) is 0 Å². The van der Waals surface area contributed by atoms with Gasteiger partial charge in [-0.2, -0.15) is 0 Å². The first-order chi connectivity index (χ1) is 15.2. The molecule has 166 valence electrons. The number of aromatic nitrogens is 1. The molecule has 0 spiro atoms. The second-order valence-corrected chi connectivity index (χ2v) is 9.36. The third kappa shape index (κ3) is 3.74. The summed E-state index contributed by atoms with van der Waals surface area (Å²) in [7, 11) is 0. The molecule has 1 atom stereocenters. The van der Waals surface area contributed by atoms with E-state index in [4.69, 9.17) is 17.3 Å². The standard InChI is InChI=1S/C22H16ClF3N2O3S/c23-14-8-12(24)2-3-13(14)20(27)17-10-28-19(32-17)9-18(29)21(5-6-21)11-1-4-15-16(7-11)31-22(25,26)30-15/h1-4,7-8,10,20H,5-6,9,27H2/t20-/m1/s1. The summed E-state index contributed by atoms with van der Waals surface area (Å²) in [6, 6.07) is 7.86. The predicted octanol–water partition coefficient (Wildman–Crippen LogP) is 5.15. The third-order valence-corrected chi connectivity index (χ3v) is 7.13. The molecular formula is C22H16ClF3N2O3S. The van der Waals surface area contributed by atoms with E-state index in [0.29, 0.717) is 33.9 Å². The van der Waals surface area contributed by atoms with Crippen LogP contribution in [0.2, 0.25) is 5.02 Å². The number of fused-ring (bicyclic) bond motifs is 1. The van der Waals surface area contributed by atoms with Gasteiger partial charge in [0, 0.05) is 16.1 Å². The molecule has 32 heavy (non-hydrogen) atoms. The van der Waals surface area contributed by atoms with Gasteiger partial charge in [-0.15, -0.1) is 20.1 Å². The summed E-state index contributed by atoms with van der Waals surface area (Å²) in [5, 5.41) is 0.797. The highest BCUT2D eigenvalue weighted by molar-refractivity contribution is 7.11.